The first kappa shape index (κ1) is 21.0. The SMILES string of the molecule is CC1=CC(Cc2cc(C)c(N)c(C)c2)CC(C)C1=NC(C)c1ccc(O)cc1O. The zero-order chi connectivity index (χ0) is 21.3. The minimum absolute atomic E-state index is 0.0594. The topological polar surface area (TPSA) is 78.8 Å². The summed E-state index contributed by atoms with van der Waals surface area (Å²) < 4.78 is 0. The van der Waals surface area contributed by atoms with Crippen molar-refractivity contribution in [3.63, 3.8) is 0 Å². The van der Waals surface area contributed by atoms with Crippen molar-refractivity contribution in [1.82, 2.24) is 0 Å². The molecule has 3 atom stereocenters. The molecule has 4 nitrogen and oxygen atoms in total. The Morgan fingerprint density at radius 3 is 2.34 bits per heavy atom. The number of nitrogens with zero attached hydrogens (tertiary/aromatic N) is 1. The van der Waals surface area contributed by atoms with Crippen LogP contribution in [0.1, 0.15) is 55.5 Å². The molecule has 0 aliphatic heterocycles. The van der Waals surface area contributed by atoms with Gasteiger partial charge in [0.25, 0.3) is 0 Å². The molecule has 29 heavy (non-hydrogen) atoms. The number of benzene rings is 2. The number of aliphatic imine (C=N–C) groups is 1. The average Bonchev–Trinajstić information content (AvgIpc) is 2.62. The van der Waals surface area contributed by atoms with E-state index in [0.717, 1.165) is 40.9 Å². The first-order valence-corrected chi connectivity index (χ1v) is 10.3. The van der Waals surface area contributed by atoms with E-state index in [9.17, 15) is 10.2 Å². The van der Waals surface area contributed by atoms with Crippen molar-refractivity contribution in [3.05, 3.63) is 64.2 Å². The van der Waals surface area contributed by atoms with Crippen LogP contribution in [0.5, 0.6) is 11.5 Å². The number of anilines is 1. The van der Waals surface area contributed by atoms with Gasteiger partial charge in [-0.25, -0.2) is 0 Å². The van der Waals surface area contributed by atoms with Crippen LogP contribution in [0.4, 0.5) is 5.69 Å². The molecule has 2 aromatic rings. The lowest BCUT2D eigenvalue weighted by molar-refractivity contribution is 0.443. The third kappa shape index (κ3) is 4.64. The molecular formula is C25H32N2O2. The maximum Gasteiger partial charge on any atom is 0.124 e. The Hall–Kier alpha value is -2.75. The number of aryl methyl sites for hydroxylation is 2. The second-order valence-electron chi connectivity index (χ2n) is 8.53. The van der Waals surface area contributed by atoms with Gasteiger partial charge in [-0.2, -0.15) is 0 Å². The molecule has 0 bridgehead atoms. The maximum absolute atomic E-state index is 10.1. The molecule has 0 fully saturated rings. The fourth-order valence-corrected chi connectivity index (χ4v) is 4.48. The van der Waals surface area contributed by atoms with Gasteiger partial charge in [0.1, 0.15) is 11.5 Å². The van der Waals surface area contributed by atoms with Crippen molar-refractivity contribution in [1.29, 1.82) is 0 Å². The molecule has 0 heterocycles. The summed E-state index contributed by atoms with van der Waals surface area (Å²) in [4.78, 5) is 4.93. The molecule has 0 radical (unpaired) electrons. The number of hydrogen-bond acceptors (Lipinski definition) is 4. The first-order valence-electron chi connectivity index (χ1n) is 10.3. The summed E-state index contributed by atoms with van der Waals surface area (Å²) in [5.74, 6) is 0.967. The van der Waals surface area contributed by atoms with Crippen molar-refractivity contribution in [2.75, 3.05) is 5.73 Å². The Morgan fingerprint density at radius 1 is 1.10 bits per heavy atom. The molecule has 0 amide bonds. The number of nitrogens with two attached hydrogens (primary N) is 1. The number of nitrogen functional groups attached to an aromatic ring is 1. The van der Waals surface area contributed by atoms with Gasteiger partial charge < -0.3 is 15.9 Å². The Labute approximate surface area is 173 Å². The maximum atomic E-state index is 10.1. The van der Waals surface area contributed by atoms with E-state index in [1.54, 1.807) is 12.1 Å². The molecule has 0 spiro atoms. The summed E-state index contributed by atoms with van der Waals surface area (Å²) in [6.45, 7) is 10.5. The van der Waals surface area contributed by atoms with E-state index in [1.807, 2.05) is 6.92 Å². The zero-order valence-corrected chi connectivity index (χ0v) is 18.0. The predicted molar refractivity (Wildman–Crippen MR) is 121 cm³/mol. The summed E-state index contributed by atoms with van der Waals surface area (Å²) in [5, 5.41) is 19.7. The number of hydrogen-bond donors (Lipinski definition) is 3. The van der Waals surface area contributed by atoms with Gasteiger partial charge in [-0.15, -0.1) is 0 Å². The molecule has 4 heteroatoms. The van der Waals surface area contributed by atoms with E-state index in [-0.39, 0.29) is 17.5 Å². The second kappa shape index (κ2) is 8.32. The molecular weight excluding hydrogens is 360 g/mol. The van der Waals surface area contributed by atoms with Crippen LogP contribution in [0.3, 0.4) is 0 Å². The second-order valence-corrected chi connectivity index (χ2v) is 8.53. The highest BCUT2D eigenvalue weighted by molar-refractivity contribution is 6.02. The van der Waals surface area contributed by atoms with Crippen LogP contribution in [0.15, 0.2) is 47.0 Å². The number of rotatable bonds is 4. The summed E-state index contributed by atoms with van der Waals surface area (Å²) in [5.41, 5.74) is 13.7. The lowest BCUT2D eigenvalue weighted by Gasteiger charge is -2.28. The lowest BCUT2D eigenvalue weighted by Crippen LogP contribution is -2.23. The van der Waals surface area contributed by atoms with Crippen molar-refractivity contribution in [2.24, 2.45) is 16.8 Å². The molecule has 0 saturated carbocycles. The zero-order valence-electron chi connectivity index (χ0n) is 18.0. The fourth-order valence-electron chi connectivity index (χ4n) is 4.48. The van der Waals surface area contributed by atoms with Crippen LogP contribution in [-0.2, 0) is 6.42 Å². The van der Waals surface area contributed by atoms with Gasteiger partial charge in [-0.1, -0.05) is 25.1 Å². The molecule has 3 unspecified atom stereocenters. The van der Waals surface area contributed by atoms with Crippen molar-refractivity contribution < 1.29 is 10.2 Å². The van der Waals surface area contributed by atoms with Crippen molar-refractivity contribution in [2.45, 2.75) is 53.5 Å². The van der Waals surface area contributed by atoms with E-state index in [4.69, 9.17) is 10.7 Å². The molecule has 0 saturated heterocycles. The number of allylic oxidation sites excluding steroid dienone is 2. The predicted octanol–water partition coefficient (Wildman–Crippen LogP) is 5.64. The van der Waals surface area contributed by atoms with Crippen LogP contribution in [0.2, 0.25) is 0 Å². The monoisotopic (exact) mass is 392 g/mol. The third-order valence-corrected chi connectivity index (χ3v) is 5.96. The van der Waals surface area contributed by atoms with E-state index in [0.29, 0.717) is 11.8 Å². The minimum atomic E-state index is -0.171. The van der Waals surface area contributed by atoms with Gasteiger partial charge in [0.15, 0.2) is 0 Å². The quantitative estimate of drug-likeness (QED) is 0.589. The Balaban J connectivity index is 1.81. The fraction of sp³-hybridized carbons (Fsp3) is 0.400. The van der Waals surface area contributed by atoms with Gasteiger partial charge in [-0.05, 0) is 86.8 Å². The largest absolute Gasteiger partial charge is 0.508 e. The van der Waals surface area contributed by atoms with Crippen LogP contribution in [0.25, 0.3) is 0 Å². The van der Waals surface area contributed by atoms with Crippen LogP contribution < -0.4 is 5.73 Å². The van der Waals surface area contributed by atoms with Crippen LogP contribution in [0, 0.1) is 25.7 Å². The highest BCUT2D eigenvalue weighted by Gasteiger charge is 2.25. The third-order valence-electron chi connectivity index (χ3n) is 5.96. The molecule has 4 N–H and O–H groups in total. The summed E-state index contributed by atoms with van der Waals surface area (Å²) >= 11 is 0. The van der Waals surface area contributed by atoms with Gasteiger partial charge in [0.05, 0.1) is 6.04 Å². The summed E-state index contributed by atoms with van der Waals surface area (Å²) in [7, 11) is 0. The highest BCUT2D eigenvalue weighted by Crippen LogP contribution is 2.34. The van der Waals surface area contributed by atoms with E-state index in [2.05, 4.69) is 45.9 Å². The lowest BCUT2D eigenvalue weighted by atomic mass is 9.79. The van der Waals surface area contributed by atoms with E-state index < -0.39 is 0 Å². The van der Waals surface area contributed by atoms with Crippen LogP contribution in [-0.4, -0.2) is 15.9 Å². The van der Waals surface area contributed by atoms with Crippen LogP contribution >= 0.6 is 0 Å². The van der Waals surface area contributed by atoms with Crippen molar-refractivity contribution in [3.8, 4) is 11.5 Å². The van der Waals surface area contributed by atoms with Gasteiger partial charge in [0, 0.05) is 23.0 Å². The van der Waals surface area contributed by atoms with E-state index in [1.165, 1.54) is 17.2 Å². The molecule has 3 rings (SSSR count). The number of phenolic OH excluding ortho intramolecular Hbond substituents is 2. The van der Waals surface area contributed by atoms with E-state index >= 15 is 0 Å². The van der Waals surface area contributed by atoms with Gasteiger partial charge in [-0.3, -0.25) is 4.99 Å². The van der Waals surface area contributed by atoms with Gasteiger partial charge in [0.2, 0.25) is 0 Å². The molecule has 1 aliphatic carbocycles. The molecule has 0 aromatic heterocycles. The minimum Gasteiger partial charge on any atom is -0.508 e. The average molecular weight is 393 g/mol. The number of phenols is 2. The Morgan fingerprint density at radius 2 is 1.76 bits per heavy atom. The molecule has 2 aromatic carbocycles. The standard InChI is InChI=1S/C25H32N2O2/c1-14-8-19(9-15(2)24(14)26)12-20-10-16(3)25(17(4)11-20)27-18(5)22-7-6-21(28)13-23(22)29/h6-10,13,17-18,20,28-29H,11-12,26H2,1-5H3. The first-order chi connectivity index (χ1) is 13.7. The number of aromatic hydroxyl groups is 2. The highest BCUT2D eigenvalue weighted by atomic mass is 16.3. The Bertz CT molecular complexity index is 952. The van der Waals surface area contributed by atoms with Gasteiger partial charge >= 0.3 is 0 Å². The normalized spacial score (nSPS) is 21.8. The smallest absolute Gasteiger partial charge is 0.124 e. The summed E-state index contributed by atoms with van der Waals surface area (Å²) in [6.07, 6.45) is 4.39. The molecule has 1 aliphatic rings. The molecule has 154 valence electrons. The summed E-state index contributed by atoms with van der Waals surface area (Å²) in [6, 6.07) is 8.93. The van der Waals surface area contributed by atoms with Crippen molar-refractivity contribution >= 4 is 11.4 Å². The Kier molecular flexibility index (Phi) is 6.02.